The predicted octanol–water partition coefficient (Wildman–Crippen LogP) is 21.1. The van der Waals surface area contributed by atoms with Crippen molar-refractivity contribution in [2.45, 2.75) is 85.5 Å². The Hall–Kier alpha value is -8.20. The van der Waals surface area contributed by atoms with Crippen LogP contribution in [-0.2, 0) is 16.2 Å². The van der Waals surface area contributed by atoms with Crippen LogP contribution in [-0.4, -0.2) is 0 Å². The summed E-state index contributed by atoms with van der Waals surface area (Å²) >= 11 is 0. The first kappa shape index (κ1) is 47.3. The van der Waals surface area contributed by atoms with E-state index in [1.165, 1.54) is 99.1 Å². The quantitative estimate of drug-likeness (QED) is 0.153. The normalized spacial score (nSPS) is 15.2. The third kappa shape index (κ3) is 6.61. The number of anilines is 6. The Kier molecular flexibility index (Phi) is 10.1. The molecule has 14 rings (SSSR count). The van der Waals surface area contributed by atoms with Gasteiger partial charge in [0.05, 0.1) is 0 Å². The molecule has 0 heterocycles. The van der Waals surface area contributed by atoms with E-state index in [-0.39, 0.29) is 21.7 Å². The summed E-state index contributed by atoms with van der Waals surface area (Å²) in [6, 6.07) is 82.9. The van der Waals surface area contributed by atoms with Gasteiger partial charge in [-0.3, -0.25) is 0 Å². The summed E-state index contributed by atoms with van der Waals surface area (Å²) in [5.41, 5.74) is 22.3. The number of rotatable bonds is 6. The van der Waals surface area contributed by atoms with E-state index in [2.05, 4.69) is 297 Å². The Labute approximate surface area is 455 Å². The van der Waals surface area contributed by atoms with Gasteiger partial charge in [-0.2, -0.15) is 0 Å². The molecule has 77 heavy (non-hydrogen) atoms. The molecule has 0 N–H and O–H groups in total. The molecule has 376 valence electrons. The maximum absolute atomic E-state index is 2.59. The fourth-order valence-corrected chi connectivity index (χ4v) is 15.5. The zero-order valence-electron chi connectivity index (χ0n) is 46.2. The largest absolute Gasteiger partial charge is 0.310 e. The van der Waals surface area contributed by atoms with Gasteiger partial charge in [0.2, 0.25) is 0 Å². The van der Waals surface area contributed by atoms with Crippen molar-refractivity contribution in [1.29, 1.82) is 0 Å². The summed E-state index contributed by atoms with van der Waals surface area (Å²) < 4.78 is 0. The molecule has 2 heteroatoms. The van der Waals surface area contributed by atoms with Crippen molar-refractivity contribution in [2.24, 2.45) is 10.8 Å². The third-order valence-corrected chi connectivity index (χ3v) is 18.5. The summed E-state index contributed by atoms with van der Waals surface area (Å²) in [5, 5.41) is 7.68. The molecule has 0 amide bonds. The summed E-state index contributed by atoms with van der Waals surface area (Å²) in [7, 11) is 0. The third-order valence-electron chi connectivity index (χ3n) is 18.5. The lowest BCUT2D eigenvalue weighted by Gasteiger charge is -2.53. The van der Waals surface area contributed by atoms with Crippen LogP contribution in [0.1, 0.15) is 103 Å². The zero-order chi connectivity index (χ0) is 53.0. The lowest BCUT2D eigenvalue weighted by Crippen LogP contribution is -2.50. The molecule has 0 spiro atoms. The smallest absolute Gasteiger partial charge is 0.0468 e. The van der Waals surface area contributed by atoms with Crippen LogP contribution in [0.5, 0.6) is 0 Å². The Bertz CT molecular complexity index is 4220. The first-order chi connectivity index (χ1) is 37.0. The Morgan fingerprint density at radius 3 is 1.27 bits per heavy atom. The summed E-state index contributed by atoms with van der Waals surface area (Å²) in [6.45, 7) is 24.4. The van der Waals surface area contributed by atoms with Crippen molar-refractivity contribution >= 4 is 66.4 Å². The van der Waals surface area contributed by atoms with Crippen molar-refractivity contribution in [3.05, 3.63) is 252 Å². The number of nitrogens with zero attached hydrogens (tertiary/aromatic N) is 2. The molecule has 0 fully saturated rings. The van der Waals surface area contributed by atoms with Gasteiger partial charge >= 0.3 is 0 Å². The molecule has 0 atom stereocenters. The standard InChI is InChI=1S/C75H66N2/c1-71(2,3)75(72(4,5)6)68-43-48-41-51(76(49-23-13-11-14-24-49)53-35-38-58-56-28-19-21-31-64(56)73(7,8)66(58)45-53)34-33-47(48)42-63(68)69-60-30-18-17-27-55(60)62-44-52(37-40-61(62)70(69)75)77(50-25-15-12-16-26-50)54-36-39-59-57-29-20-22-32-65(57)74(9,10)67(59)46-54/h11-46H,1-10H3. The second-order valence-corrected chi connectivity index (χ2v) is 25.3. The molecular formula is C75H66N2. The molecule has 3 aliphatic rings. The van der Waals surface area contributed by atoms with Crippen LogP contribution < -0.4 is 9.80 Å². The molecule has 3 aliphatic carbocycles. The SMILES string of the molecule is CC1(C)c2ccccc2-c2ccc(N(c3ccccc3)c3ccc4cc5c(cc4c3)C(C(C)(C)C)(C(C)(C)C)c3c-5c4ccccc4c4cc(N(c5ccccc5)c5ccc6c(c5)C(C)(C)c5ccccc5-6)ccc34)cc21. The summed E-state index contributed by atoms with van der Waals surface area (Å²) in [6.07, 6.45) is 0. The second kappa shape index (κ2) is 16.4. The van der Waals surface area contributed by atoms with Crippen LogP contribution in [0.3, 0.4) is 0 Å². The summed E-state index contributed by atoms with van der Waals surface area (Å²) in [4.78, 5) is 4.93. The van der Waals surface area contributed by atoms with Crippen LogP contribution in [0.25, 0.3) is 65.7 Å². The maximum Gasteiger partial charge on any atom is 0.0468 e. The van der Waals surface area contributed by atoms with Crippen molar-refractivity contribution in [3.8, 4) is 33.4 Å². The topological polar surface area (TPSA) is 6.48 Å². The minimum Gasteiger partial charge on any atom is -0.310 e. The van der Waals surface area contributed by atoms with Gasteiger partial charge in [-0.1, -0.05) is 203 Å². The molecule has 0 aromatic heterocycles. The molecule has 0 saturated heterocycles. The highest BCUT2D eigenvalue weighted by atomic mass is 15.1. The molecule has 11 aromatic carbocycles. The highest BCUT2D eigenvalue weighted by molar-refractivity contribution is 6.20. The number of hydrogen-bond donors (Lipinski definition) is 0. The van der Waals surface area contributed by atoms with Crippen molar-refractivity contribution in [2.75, 3.05) is 9.80 Å². The number of benzene rings is 11. The zero-order valence-corrected chi connectivity index (χ0v) is 46.2. The first-order valence-electron chi connectivity index (χ1n) is 27.8. The van der Waals surface area contributed by atoms with Gasteiger partial charge in [0.25, 0.3) is 0 Å². The van der Waals surface area contributed by atoms with Crippen molar-refractivity contribution < 1.29 is 0 Å². The molecule has 2 nitrogen and oxygen atoms in total. The van der Waals surface area contributed by atoms with Gasteiger partial charge in [0.1, 0.15) is 0 Å². The van der Waals surface area contributed by atoms with E-state index in [1.807, 2.05) is 0 Å². The lowest BCUT2D eigenvalue weighted by molar-refractivity contribution is 0.0965. The Balaban J connectivity index is 0.973. The van der Waals surface area contributed by atoms with Gasteiger partial charge in [-0.15, -0.1) is 0 Å². The number of para-hydroxylation sites is 2. The second-order valence-electron chi connectivity index (χ2n) is 25.3. The minimum absolute atomic E-state index is 0.114. The fraction of sp³-hybridized carbons (Fsp3) is 0.200. The van der Waals surface area contributed by atoms with Gasteiger partial charge < -0.3 is 9.80 Å². The molecule has 0 aliphatic heterocycles. The van der Waals surface area contributed by atoms with Crippen LogP contribution in [0.15, 0.2) is 218 Å². The molecule has 0 bridgehead atoms. The monoisotopic (exact) mass is 995 g/mol. The Morgan fingerprint density at radius 1 is 0.286 bits per heavy atom. The fourth-order valence-electron chi connectivity index (χ4n) is 15.5. The van der Waals surface area contributed by atoms with E-state index in [1.54, 1.807) is 0 Å². The molecule has 0 radical (unpaired) electrons. The average Bonchev–Trinajstić information content (AvgIpc) is 4.21. The highest BCUT2D eigenvalue weighted by Gasteiger charge is 2.59. The van der Waals surface area contributed by atoms with Crippen LogP contribution in [0.4, 0.5) is 34.1 Å². The molecular weight excluding hydrogens is 929 g/mol. The lowest BCUT2D eigenvalue weighted by atomic mass is 9.49. The number of fused-ring (bicyclic) bond motifs is 15. The van der Waals surface area contributed by atoms with E-state index < -0.39 is 5.41 Å². The van der Waals surface area contributed by atoms with Crippen LogP contribution >= 0.6 is 0 Å². The van der Waals surface area contributed by atoms with Crippen LogP contribution in [0, 0.1) is 10.8 Å². The van der Waals surface area contributed by atoms with E-state index in [9.17, 15) is 0 Å². The molecule has 0 saturated carbocycles. The molecule has 0 unspecified atom stereocenters. The van der Waals surface area contributed by atoms with E-state index in [0.29, 0.717) is 0 Å². The van der Waals surface area contributed by atoms with Crippen LogP contribution in [0.2, 0.25) is 0 Å². The van der Waals surface area contributed by atoms with Crippen molar-refractivity contribution in [3.63, 3.8) is 0 Å². The highest BCUT2D eigenvalue weighted by Crippen LogP contribution is 2.68. The predicted molar refractivity (Wildman–Crippen MR) is 329 cm³/mol. The van der Waals surface area contributed by atoms with Gasteiger partial charge in [-0.25, -0.2) is 0 Å². The van der Waals surface area contributed by atoms with Crippen molar-refractivity contribution in [1.82, 2.24) is 0 Å². The maximum atomic E-state index is 2.59. The number of hydrogen-bond acceptors (Lipinski definition) is 2. The van der Waals surface area contributed by atoms with Gasteiger partial charge in [-0.05, 0) is 195 Å². The van der Waals surface area contributed by atoms with E-state index in [0.717, 1.165) is 34.1 Å². The average molecular weight is 995 g/mol. The van der Waals surface area contributed by atoms with E-state index in [4.69, 9.17) is 0 Å². The first-order valence-corrected chi connectivity index (χ1v) is 27.8. The van der Waals surface area contributed by atoms with Gasteiger partial charge in [0, 0.05) is 50.4 Å². The molecule has 11 aromatic rings. The Morgan fingerprint density at radius 2 is 0.727 bits per heavy atom. The minimum atomic E-state index is -0.391. The van der Waals surface area contributed by atoms with Gasteiger partial charge in [0.15, 0.2) is 0 Å². The van der Waals surface area contributed by atoms with E-state index >= 15 is 0 Å². The summed E-state index contributed by atoms with van der Waals surface area (Å²) in [5.74, 6) is 0.